The molecule has 0 aliphatic heterocycles. The molecule has 0 bridgehead atoms. The summed E-state index contributed by atoms with van der Waals surface area (Å²) in [5, 5.41) is 3.83. The van der Waals surface area contributed by atoms with E-state index in [2.05, 4.69) is 59.4 Å². The maximum atomic E-state index is 11.8. The van der Waals surface area contributed by atoms with Crippen LogP contribution in [0.15, 0.2) is 24.3 Å². The topological polar surface area (TPSA) is 29.1 Å². The molecule has 0 radical (unpaired) electrons. The first kappa shape index (κ1) is 14.2. The zero-order valence-electron chi connectivity index (χ0n) is 10.7. The Bertz CT molecular complexity index is 359. The lowest BCUT2D eigenvalue weighted by Gasteiger charge is -2.15. The summed E-state index contributed by atoms with van der Waals surface area (Å²) in [6.45, 7) is 6.70. The maximum Gasteiger partial charge on any atom is 0.223 e. The Kier molecular flexibility index (Phi) is 5.69. The third kappa shape index (κ3) is 4.50. The summed E-state index contributed by atoms with van der Waals surface area (Å²) in [4.78, 5) is 11.8. The zero-order valence-corrected chi connectivity index (χ0v) is 12.3. The summed E-state index contributed by atoms with van der Waals surface area (Å²) in [7, 11) is 0. The van der Waals surface area contributed by atoms with Gasteiger partial charge in [0.1, 0.15) is 0 Å². The van der Waals surface area contributed by atoms with Gasteiger partial charge in [-0.15, -0.1) is 0 Å². The van der Waals surface area contributed by atoms with Gasteiger partial charge in [0.05, 0.1) is 0 Å². The fraction of sp³-hybridized carbons (Fsp3) is 0.500. The molecule has 1 atom stereocenters. The highest BCUT2D eigenvalue weighted by Gasteiger charge is 2.15. The first-order chi connectivity index (χ1) is 8.04. The largest absolute Gasteiger partial charge is 0.352 e. The van der Waals surface area contributed by atoms with Crippen molar-refractivity contribution in [3.63, 3.8) is 0 Å². The molecule has 0 heterocycles. The first-order valence-electron chi connectivity index (χ1n) is 5.96. The van der Waals surface area contributed by atoms with Crippen molar-refractivity contribution in [1.82, 2.24) is 5.32 Å². The molecule has 3 heteroatoms. The molecule has 0 saturated heterocycles. The molecule has 1 aromatic rings. The second-order valence-corrected chi connectivity index (χ2v) is 5.26. The lowest BCUT2D eigenvalue weighted by Crippen LogP contribution is -2.31. The number of carbonyl (C=O) groups is 1. The van der Waals surface area contributed by atoms with E-state index >= 15 is 0 Å². The maximum absolute atomic E-state index is 11.8. The van der Waals surface area contributed by atoms with E-state index in [9.17, 15) is 4.79 Å². The van der Waals surface area contributed by atoms with Crippen LogP contribution in [-0.2, 0) is 16.7 Å². The molecule has 1 aromatic carbocycles. The van der Waals surface area contributed by atoms with Crippen LogP contribution < -0.4 is 5.32 Å². The molecule has 0 saturated carbocycles. The van der Waals surface area contributed by atoms with E-state index in [0.717, 1.165) is 10.9 Å². The van der Waals surface area contributed by atoms with Crippen LogP contribution >= 0.6 is 15.9 Å². The van der Waals surface area contributed by atoms with Crippen molar-refractivity contribution in [3.05, 3.63) is 35.4 Å². The van der Waals surface area contributed by atoms with E-state index in [1.54, 1.807) is 0 Å². The van der Waals surface area contributed by atoms with Crippen LogP contribution in [0.3, 0.4) is 0 Å². The van der Waals surface area contributed by atoms with Crippen molar-refractivity contribution >= 4 is 21.8 Å². The second-order valence-electron chi connectivity index (χ2n) is 4.70. The van der Waals surface area contributed by atoms with Crippen molar-refractivity contribution in [3.8, 4) is 0 Å². The van der Waals surface area contributed by atoms with Gasteiger partial charge in [-0.05, 0) is 17.0 Å². The highest BCUT2D eigenvalue weighted by Crippen LogP contribution is 2.11. The minimum Gasteiger partial charge on any atom is -0.352 e. The van der Waals surface area contributed by atoms with E-state index in [1.807, 2.05) is 6.92 Å². The summed E-state index contributed by atoms with van der Waals surface area (Å²) in [5.74, 6) is 0.576. The number of nitrogens with one attached hydrogen (secondary N) is 1. The number of amides is 1. The number of carbonyl (C=O) groups excluding carboxylic acids is 1. The molecular formula is C14H20BrNO. The first-order valence-corrected chi connectivity index (χ1v) is 7.08. The Balaban J connectivity index is 2.47. The van der Waals surface area contributed by atoms with Crippen LogP contribution in [0.1, 0.15) is 31.9 Å². The monoisotopic (exact) mass is 297 g/mol. The molecule has 1 N–H and O–H groups in total. The van der Waals surface area contributed by atoms with Gasteiger partial charge in [-0.1, -0.05) is 61.0 Å². The van der Waals surface area contributed by atoms with Crippen LogP contribution in [0.5, 0.6) is 0 Å². The smallest absolute Gasteiger partial charge is 0.223 e. The standard InChI is InChI=1S/C14H20BrNO/c1-10(2)11(3)14(17)16-9-13-6-4-12(8-15)5-7-13/h4-7,10-11H,8-9H2,1-3H3,(H,16,17). The molecule has 0 fully saturated rings. The average molecular weight is 298 g/mol. The molecule has 0 aliphatic carbocycles. The molecule has 1 unspecified atom stereocenters. The fourth-order valence-corrected chi connectivity index (χ4v) is 1.77. The van der Waals surface area contributed by atoms with Gasteiger partial charge in [0.2, 0.25) is 5.91 Å². The fourth-order valence-electron chi connectivity index (χ4n) is 1.40. The lowest BCUT2D eigenvalue weighted by molar-refractivity contribution is -0.125. The molecular weight excluding hydrogens is 278 g/mol. The third-order valence-corrected chi connectivity index (χ3v) is 3.71. The van der Waals surface area contributed by atoms with E-state index in [0.29, 0.717) is 12.5 Å². The van der Waals surface area contributed by atoms with Crippen molar-refractivity contribution < 1.29 is 4.79 Å². The van der Waals surface area contributed by atoms with E-state index in [4.69, 9.17) is 0 Å². The predicted octanol–water partition coefficient (Wildman–Crippen LogP) is 3.49. The average Bonchev–Trinajstić information content (AvgIpc) is 2.35. The molecule has 94 valence electrons. The van der Waals surface area contributed by atoms with E-state index in [1.165, 1.54) is 5.56 Å². The Labute approximate surface area is 112 Å². The van der Waals surface area contributed by atoms with Crippen LogP contribution in [0.2, 0.25) is 0 Å². The SMILES string of the molecule is CC(C)C(C)C(=O)NCc1ccc(CBr)cc1. The minimum absolute atomic E-state index is 0.0665. The molecule has 0 aliphatic rings. The molecule has 2 nitrogen and oxygen atoms in total. The predicted molar refractivity (Wildman–Crippen MR) is 74.9 cm³/mol. The van der Waals surface area contributed by atoms with Gasteiger partial charge >= 0.3 is 0 Å². The Morgan fingerprint density at radius 2 is 1.71 bits per heavy atom. The van der Waals surface area contributed by atoms with Gasteiger partial charge in [-0.3, -0.25) is 4.79 Å². The summed E-state index contributed by atoms with van der Waals surface area (Å²) in [6, 6.07) is 8.25. The summed E-state index contributed by atoms with van der Waals surface area (Å²) < 4.78 is 0. The van der Waals surface area contributed by atoms with Gasteiger partial charge in [-0.25, -0.2) is 0 Å². The number of rotatable bonds is 5. The van der Waals surface area contributed by atoms with Gasteiger partial charge < -0.3 is 5.32 Å². The van der Waals surface area contributed by atoms with Gasteiger partial charge in [0.15, 0.2) is 0 Å². The van der Waals surface area contributed by atoms with Gasteiger partial charge in [0.25, 0.3) is 0 Å². The summed E-state index contributed by atoms with van der Waals surface area (Å²) >= 11 is 3.41. The third-order valence-electron chi connectivity index (χ3n) is 3.06. The number of alkyl halides is 1. The molecule has 1 amide bonds. The van der Waals surface area contributed by atoms with Gasteiger partial charge in [-0.2, -0.15) is 0 Å². The van der Waals surface area contributed by atoms with Crippen molar-refractivity contribution in [2.75, 3.05) is 0 Å². The van der Waals surface area contributed by atoms with E-state index < -0.39 is 0 Å². The number of hydrogen-bond acceptors (Lipinski definition) is 1. The van der Waals surface area contributed by atoms with Crippen molar-refractivity contribution in [1.29, 1.82) is 0 Å². The molecule has 0 aromatic heterocycles. The van der Waals surface area contributed by atoms with Crippen molar-refractivity contribution in [2.45, 2.75) is 32.6 Å². The highest BCUT2D eigenvalue weighted by atomic mass is 79.9. The second kappa shape index (κ2) is 6.80. The minimum atomic E-state index is 0.0665. The lowest BCUT2D eigenvalue weighted by atomic mass is 9.97. The quantitative estimate of drug-likeness (QED) is 0.828. The Morgan fingerprint density at radius 3 is 2.18 bits per heavy atom. The molecule has 17 heavy (non-hydrogen) atoms. The van der Waals surface area contributed by atoms with Crippen LogP contribution in [0, 0.1) is 11.8 Å². The molecule has 0 spiro atoms. The van der Waals surface area contributed by atoms with Crippen LogP contribution in [-0.4, -0.2) is 5.91 Å². The van der Waals surface area contributed by atoms with Crippen LogP contribution in [0.4, 0.5) is 0 Å². The Hall–Kier alpha value is -0.830. The number of benzene rings is 1. The number of hydrogen-bond donors (Lipinski definition) is 1. The number of halogens is 1. The van der Waals surface area contributed by atoms with Crippen molar-refractivity contribution in [2.24, 2.45) is 11.8 Å². The normalized spacial score (nSPS) is 12.5. The van der Waals surface area contributed by atoms with Gasteiger partial charge in [0, 0.05) is 17.8 Å². The Morgan fingerprint density at radius 1 is 1.18 bits per heavy atom. The molecule has 1 rings (SSSR count). The summed E-state index contributed by atoms with van der Waals surface area (Å²) in [5.41, 5.74) is 2.38. The zero-order chi connectivity index (χ0) is 12.8. The van der Waals surface area contributed by atoms with Crippen LogP contribution in [0.25, 0.3) is 0 Å². The summed E-state index contributed by atoms with van der Waals surface area (Å²) in [6.07, 6.45) is 0. The van der Waals surface area contributed by atoms with E-state index in [-0.39, 0.29) is 11.8 Å². The highest BCUT2D eigenvalue weighted by molar-refractivity contribution is 9.08.